The summed E-state index contributed by atoms with van der Waals surface area (Å²) >= 11 is 0. The Morgan fingerprint density at radius 1 is 1.20 bits per heavy atom. The predicted octanol–water partition coefficient (Wildman–Crippen LogP) is 0.259. The number of hydrogen-bond donors (Lipinski definition) is 1. The van der Waals surface area contributed by atoms with Crippen LogP contribution in [0.3, 0.4) is 0 Å². The molecule has 3 rings (SSSR count). The van der Waals surface area contributed by atoms with E-state index in [1.54, 1.807) is 28.8 Å². The third-order valence-electron chi connectivity index (χ3n) is 2.67. The fourth-order valence-corrected chi connectivity index (χ4v) is 2.02. The second kappa shape index (κ2) is 2.84. The summed E-state index contributed by atoms with van der Waals surface area (Å²) in [6.07, 6.45) is 1.83. The summed E-state index contributed by atoms with van der Waals surface area (Å²) in [4.78, 5) is 11.9. The van der Waals surface area contributed by atoms with E-state index in [4.69, 9.17) is 5.02 Å². The number of nitrogens with zero attached hydrogens (tertiary/aromatic N) is 1. The molecule has 1 aromatic carbocycles. The van der Waals surface area contributed by atoms with E-state index in [1.165, 1.54) is 0 Å². The van der Waals surface area contributed by atoms with Gasteiger partial charge in [-0.25, -0.2) is 0 Å². The fourth-order valence-electron chi connectivity index (χ4n) is 2.02. The maximum atomic E-state index is 11.9. The molecule has 3 nitrogen and oxygen atoms in total. The summed E-state index contributed by atoms with van der Waals surface area (Å²) in [7, 11) is 1.03. The molecule has 1 aliphatic rings. The Balaban J connectivity index is 2.39. The van der Waals surface area contributed by atoms with E-state index in [1.807, 2.05) is 12.3 Å². The van der Waals surface area contributed by atoms with Gasteiger partial charge >= 0.3 is 7.48 Å². The average Bonchev–Trinajstić information content (AvgIpc) is 2.83. The molecule has 0 unspecified atom stereocenters. The minimum absolute atomic E-state index is 0.0127. The van der Waals surface area contributed by atoms with E-state index in [-0.39, 0.29) is 5.78 Å². The maximum absolute atomic E-state index is 11.9. The molecule has 0 fully saturated rings. The van der Waals surface area contributed by atoms with Crippen molar-refractivity contribution in [3.05, 3.63) is 47.8 Å². The number of carbonyl (C=O) groups is 1. The van der Waals surface area contributed by atoms with Gasteiger partial charge in [0.2, 0.25) is 5.78 Å². The molecule has 0 saturated heterocycles. The molecule has 0 bridgehead atoms. The zero-order valence-electron chi connectivity index (χ0n) is 7.84. The van der Waals surface area contributed by atoms with Crippen LogP contribution in [0, 0.1) is 0 Å². The second-order valence-corrected chi connectivity index (χ2v) is 3.47. The van der Waals surface area contributed by atoms with Crippen molar-refractivity contribution < 1.29 is 9.82 Å². The lowest BCUT2D eigenvalue weighted by Gasteiger charge is -2.05. The normalized spacial score (nSPS) is 12.5. The zero-order valence-corrected chi connectivity index (χ0v) is 7.84. The lowest BCUT2D eigenvalue weighted by Crippen LogP contribution is -2.19. The molecule has 0 aliphatic carbocycles. The highest BCUT2D eigenvalue weighted by atomic mass is 16.2. The maximum Gasteiger partial charge on any atom is 0.328 e. The van der Waals surface area contributed by atoms with E-state index < -0.39 is 0 Å². The summed E-state index contributed by atoms with van der Waals surface area (Å²) in [6.45, 7) is 0. The van der Waals surface area contributed by atoms with Crippen LogP contribution in [-0.2, 0) is 0 Å². The number of para-hydroxylation sites is 1. The molecule has 15 heavy (non-hydrogen) atoms. The largest absolute Gasteiger partial charge is 0.450 e. The Hall–Kier alpha value is -1.81. The van der Waals surface area contributed by atoms with Crippen molar-refractivity contribution in [1.29, 1.82) is 0 Å². The van der Waals surface area contributed by atoms with Crippen LogP contribution < -0.4 is 5.46 Å². The predicted molar refractivity (Wildman–Crippen MR) is 56.8 cm³/mol. The molecule has 2 aromatic rings. The summed E-state index contributed by atoms with van der Waals surface area (Å²) in [5.41, 5.74) is 2.73. The zero-order chi connectivity index (χ0) is 10.4. The number of aromatic nitrogens is 1. The van der Waals surface area contributed by atoms with Gasteiger partial charge in [0, 0.05) is 11.8 Å². The summed E-state index contributed by atoms with van der Waals surface area (Å²) < 4.78 is 1.81. The van der Waals surface area contributed by atoms with Crippen molar-refractivity contribution in [2.45, 2.75) is 0 Å². The van der Waals surface area contributed by atoms with Crippen molar-refractivity contribution >= 4 is 18.7 Å². The summed E-state index contributed by atoms with van der Waals surface area (Å²) in [5, 5.41) is 9.10. The highest BCUT2D eigenvalue weighted by Gasteiger charge is 2.27. The number of carbonyl (C=O) groups excluding carboxylic acids is 1. The molecule has 2 heterocycles. The molecular weight excluding hydrogens is 189 g/mol. The van der Waals surface area contributed by atoms with Gasteiger partial charge in [-0.05, 0) is 23.7 Å². The third-order valence-corrected chi connectivity index (χ3v) is 2.67. The molecule has 1 aliphatic heterocycles. The molecule has 0 amide bonds. The Morgan fingerprint density at radius 2 is 2.07 bits per heavy atom. The minimum Gasteiger partial charge on any atom is -0.450 e. The van der Waals surface area contributed by atoms with Crippen molar-refractivity contribution in [1.82, 2.24) is 4.57 Å². The van der Waals surface area contributed by atoms with Crippen LogP contribution in [0.1, 0.15) is 16.1 Å². The first kappa shape index (κ1) is 8.50. The summed E-state index contributed by atoms with van der Waals surface area (Å²) in [6, 6.07) is 8.93. The average molecular weight is 196 g/mol. The van der Waals surface area contributed by atoms with E-state index >= 15 is 0 Å². The fraction of sp³-hybridized carbons (Fsp3) is 0. The topological polar surface area (TPSA) is 42.2 Å². The lowest BCUT2D eigenvalue weighted by atomic mass is 9.85. The number of ketones is 1. The van der Waals surface area contributed by atoms with Crippen molar-refractivity contribution in [3.8, 4) is 5.69 Å². The van der Waals surface area contributed by atoms with Crippen LogP contribution in [0.15, 0.2) is 36.5 Å². The van der Waals surface area contributed by atoms with Gasteiger partial charge in [-0.3, -0.25) is 4.79 Å². The molecular formula is C11H7BNO2. The Bertz CT molecular complexity index is 559. The van der Waals surface area contributed by atoms with E-state index in [2.05, 4.69) is 0 Å². The molecule has 71 valence electrons. The van der Waals surface area contributed by atoms with Gasteiger partial charge in [-0.1, -0.05) is 12.1 Å². The van der Waals surface area contributed by atoms with Gasteiger partial charge in [0.05, 0.1) is 11.4 Å². The molecule has 4 heteroatoms. The van der Waals surface area contributed by atoms with Gasteiger partial charge in [0.25, 0.3) is 0 Å². The van der Waals surface area contributed by atoms with Gasteiger partial charge in [-0.15, -0.1) is 0 Å². The first-order chi connectivity index (χ1) is 7.33. The highest BCUT2D eigenvalue weighted by molar-refractivity contribution is 6.48. The number of benzene rings is 1. The van der Waals surface area contributed by atoms with Gasteiger partial charge in [0.1, 0.15) is 0 Å². The van der Waals surface area contributed by atoms with E-state index in [0.29, 0.717) is 16.7 Å². The highest BCUT2D eigenvalue weighted by Crippen LogP contribution is 2.26. The SMILES string of the molecule is O=C1c2cccc([B]O)c2-n2cccc21. The Morgan fingerprint density at radius 3 is 2.87 bits per heavy atom. The van der Waals surface area contributed by atoms with Crippen LogP contribution in [-0.4, -0.2) is 22.9 Å². The second-order valence-electron chi connectivity index (χ2n) is 3.47. The molecule has 1 N–H and O–H groups in total. The van der Waals surface area contributed by atoms with Crippen molar-refractivity contribution in [2.24, 2.45) is 0 Å². The quantitative estimate of drug-likeness (QED) is 0.567. The Kier molecular flexibility index (Phi) is 1.61. The molecule has 1 aromatic heterocycles. The molecule has 1 radical (unpaired) electrons. The van der Waals surface area contributed by atoms with Gasteiger partial charge < -0.3 is 9.59 Å². The van der Waals surface area contributed by atoms with Crippen LogP contribution in [0.2, 0.25) is 0 Å². The number of hydrogen-bond acceptors (Lipinski definition) is 2. The molecule has 0 saturated carbocycles. The molecule has 0 atom stereocenters. The number of fused-ring (bicyclic) bond motifs is 3. The molecule has 0 spiro atoms. The van der Waals surface area contributed by atoms with E-state index in [0.717, 1.165) is 13.2 Å². The van der Waals surface area contributed by atoms with Gasteiger partial charge in [-0.2, -0.15) is 0 Å². The standard InChI is InChI=1S/C11H7BNO2/c14-11-7-3-1-4-8(12-15)10(7)13-6-2-5-9(11)13/h1-6,15H. The minimum atomic E-state index is 0.0127. The van der Waals surface area contributed by atoms with Crippen LogP contribution in [0.5, 0.6) is 0 Å². The first-order valence-corrected chi connectivity index (χ1v) is 4.66. The van der Waals surface area contributed by atoms with Gasteiger partial charge in [0.15, 0.2) is 0 Å². The van der Waals surface area contributed by atoms with Crippen LogP contribution in [0.4, 0.5) is 0 Å². The van der Waals surface area contributed by atoms with Crippen LogP contribution >= 0.6 is 0 Å². The smallest absolute Gasteiger partial charge is 0.328 e. The lowest BCUT2D eigenvalue weighted by molar-refractivity contribution is 0.104. The first-order valence-electron chi connectivity index (χ1n) is 4.66. The van der Waals surface area contributed by atoms with Crippen LogP contribution in [0.25, 0.3) is 5.69 Å². The van der Waals surface area contributed by atoms with Crippen molar-refractivity contribution in [3.63, 3.8) is 0 Å². The Labute approximate surface area is 87.2 Å². The monoisotopic (exact) mass is 196 g/mol. The van der Waals surface area contributed by atoms with E-state index in [9.17, 15) is 4.79 Å². The van der Waals surface area contributed by atoms with Crippen molar-refractivity contribution in [2.75, 3.05) is 0 Å². The summed E-state index contributed by atoms with van der Waals surface area (Å²) in [5.74, 6) is 0.0127. The number of rotatable bonds is 1. The third kappa shape index (κ3) is 0.968.